The first-order chi connectivity index (χ1) is 16.3. The zero-order valence-electron chi connectivity index (χ0n) is 20.2. The minimum atomic E-state index is -0.754. The van der Waals surface area contributed by atoms with E-state index in [0.29, 0.717) is 17.2 Å². The molecule has 0 radical (unpaired) electrons. The molecule has 8 heteroatoms. The number of ether oxygens (including phenoxy) is 3. The lowest BCUT2D eigenvalue weighted by atomic mass is 9.88. The van der Waals surface area contributed by atoms with E-state index in [4.69, 9.17) is 14.2 Å². The largest absolute Gasteiger partial charge is 0.493 e. The van der Waals surface area contributed by atoms with Crippen molar-refractivity contribution in [1.82, 2.24) is 0 Å². The van der Waals surface area contributed by atoms with Gasteiger partial charge in [0.15, 0.2) is 18.1 Å². The van der Waals surface area contributed by atoms with Crippen molar-refractivity contribution >= 4 is 29.2 Å². The smallest absolute Gasteiger partial charge is 0.340 e. The van der Waals surface area contributed by atoms with Gasteiger partial charge in [0.25, 0.3) is 5.91 Å². The molecule has 0 spiro atoms. The van der Waals surface area contributed by atoms with Gasteiger partial charge in [-0.1, -0.05) is 31.4 Å². The Morgan fingerprint density at radius 1 is 0.912 bits per heavy atom. The highest BCUT2D eigenvalue weighted by atomic mass is 16.5. The molecule has 1 aliphatic carbocycles. The Morgan fingerprint density at radius 3 is 2.26 bits per heavy atom. The number of hydrogen-bond acceptors (Lipinski definition) is 6. The maximum atomic E-state index is 12.9. The van der Waals surface area contributed by atoms with E-state index in [-0.39, 0.29) is 23.1 Å². The topological polar surface area (TPSA) is 103 Å². The predicted octanol–water partition coefficient (Wildman–Crippen LogP) is 4.63. The van der Waals surface area contributed by atoms with Gasteiger partial charge in [-0.2, -0.15) is 0 Å². The van der Waals surface area contributed by atoms with E-state index < -0.39 is 18.5 Å². The van der Waals surface area contributed by atoms with E-state index >= 15 is 0 Å². The molecule has 2 amide bonds. The standard InChI is InChI=1S/C26H32N2O6/c1-16-9-8-12-20(17(16)2)27-24(29)15-34-26(31)19-13-22(32-3)23(33-4)14-21(19)28-25(30)18-10-6-5-7-11-18/h8-9,12-14,18H,5-7,10-11,15H2,1-4H3,(H,27,29)(H,28,30). The van der Waals surface area contributed by atoms with Crippen molar-refractivity contribution in [3.63, 3.8) is 0 Å². The molecule has 1 fully saturated rings. The molecule has 0 heterocycles. The molecular formula is C26H32N2O6. The first kappa shape index (κ1) is 25.1. The zero-order chi connectivity index (χ0) is 24.7. The van der Waals surface area contributed by atoms with Crippen LogP contribution in [0.4, 0.5) is 11.4 Å². The Kier molecular flexibility index (Phi) is 8.51. The van der Waals surface area contributed by atoms with Gasteiger partial charge in [0.2, 0.25) is 5.91 Å². The number of amides is 2. The molecule has 0 aromatic heterocycles. The maximum Gasteiger partial charge on any atom is 0.340 e. The summed E-state index contributed by atoms with van der Waals surface area (Å²) in [6.45, 7) is 3.38. The van der Waals surface area contributed by atoms with Crippen LogP contribution in [0, 0.1) is 19.8 Å². The summed E-state index contributed by atoms with van der Waals surface area (Å²) in [6.07, 6.45) is 4.78. The molecular weight excluding hydrogens is 436 g/mol. The second-order valence-electron chi connectivity index (χ2n) is 8.45. The molecule has 34 heavy (non-hydrogen) atoms. The molecule has 8 nitrogen and oxygen atoms in total. The Hall–Kier alpha value is -3.55. The summed E-state index contributed by atoms with van der Waals surface area (Å²) in [5.41, 5.74) is 2.98. The fraction of sp³-hybridized carbons (Fsp3) is 0.423. The number of aryl methyl sites for hydroxylation is 1. The molecule has 0 unspecified atom stereocenters. The van der Waals surface area contributed by atoms with Gasteiger partial charge in [-0.05, 0) is 43.9 Å². The molecule has 0 bridgehead atoms. The molecule has 1 saturated carbocycles. The van der Waals surface area contributed by atoms with Gasteiger partial charge in [0, 0.05) is 23.7 Å². The molecule has 1 aliphatic rings. The van der Waals surface area contributed by atoms with Gasteiger partial charge in [0.05, 0.1) is 25.5 Å². The van der Waals surface area contributed by atoms with Crippen molar-refractivity contribution in [2.24, 2.45) is 5.92 Å². The van der Waals surface area contributed by atoms with Gasteiger partial charge in [-0.25, -0.2) is 4.79 Å². The van der Waals surface area contributed by atoms with Crippen molar-refractivity contribution in [2.45, 2.75) is 46.0 Å². The number of benzene rings is 2. The average Bonchev–Trinajstić information content (AvgIpc) is 2.85. The third-order valence-corrected chi connectivity index (χ3v) is 6.19. The van der Waals surface area contributed by atoms with E-state index in [0.717, 1.165) is 43.2 Å². The van der Waals surface area contributed by atoms with Gasteiger partial charge in [-0.15, -0.1) is 0 Å². The number of anilines is 2. The Bertz CT molecular complexity index is 1060. The number of nitrogens with one attached hydrogen (secondary N) is 2. The summed E-state index contributed by atoms with van der Waals surface area (Å²) in [5, 5.41) is 5.61. The molecule has 2 aromatic carbocycles. The fourth-order valence-corrected chi connectivity index (χ4v) is 4.03. The third-order valence-electron chi connectivity index (χ3n) is 6.19. The van der Waals surface area contributed by atoms with Crippen molar-refractivity contribution in [3.8, 4) is 11.5 Å². The van der Waals surface area contributed by atoms with E-state index in [2.05, 4.69) is 10.6 Å². The van der Waals surface area contributed by atoms with Gasteiger partial charge < -0.3 is 24.8 Å². The lowest BCUT2D eigenvalue weighted by molar-refractivity contribution is -0.121. The summed E-state index contributed by atoms with van der Waals surface area (Å²) < 4.78 is 15.9. The van der Waals surface area contributed by atoms with Crippen LogP contribution in [-0.4, -0.2) is 38.6 Å². The quantitative estimate of drug-likeness (QED) is 0.548. The third kappa shape index (κ3) is 6.07. The van der Waals surface area contributed by atoms with E-state index in [1.54, 1.807) is 6.07 Å². The van der Waals surface area contributed by atoms with Crippen LogP contribution in [0.3, 0.4) is 0 Å². The molecule has 0 atom stereocenters. The van der Waals surface area contributed by atoms with Crippen LogP contribution in [0.25, 0.3) is 0 Å². The van der Waals surface area contributed by atoms with E-state index in [9.17, 15) is 14.4 Å². The lowest BCUT2D eigenvalue weighted by Gasteiger charge is -2.22. The first-order valence-corrected chi connectivity index (χ1v) is 11.4. The molecule has 0 saturated heterocycles. The van der Waals surface area contributed by atoms with Crippen molar-refractivity contribution in [3.05, 3.63) is 47.0 Å². The molecule has 0 aliphatic heterocycles. The van der Waals surface area contributed by atoms with Crippen LogP contribution < -0.4 is 20.1 Å². The van der Waals surface area contributed by atoms with Gasteiger partial charge in [-0.3, -0.25) is 9.59 Å². The molecule has 2 N–H and O–H groups in total. The second-order valence-corrected chi connectivity index (χ2v) is 8.45. The van der Waals surface area contributed by atoms with Crippen LogP contribution in [-0.2, 0) is 14.3 Å². The Balaban J connectivity index is 1.75. The number of carbonyl (C=O) groups is 3. The zero-order valence-corrected chi connectivity index (χ0v) is 20.2. The highest BCUT2D eigenvalue weighted by molar-refractivity contribution is 6.03. The highest BCUT2D eigenvalue weighted by Crippen LogP contribution is 2.35. The second kappa shape index (κ2) is 11.5. The molecule has 182 valence electrons. The predicted molar refractivity (Wildman–Crippen MR) is 130 cm³/mol. The number of carbonyl (C=O) groups excluding carboxylic acids is 3. The lowest BCUT2D eigenvalue weighted by Crippen LogP contribution is -2.26. The van der Waals surface area contributed by atoms with Gasteiger partial charge in [0.1, 0.15) is 0 Å². The minimum absolute atomic E-state index is 0.0846. The number of hydrogen-bond donors (Lipinski definition) is 2. The van der Waals surface area contributed by atoms with Crippen molar-refractivity contribution in [2.75, 3.05) is 31.5 Å². The summed E-state index contributed by atoms with van der Waals surface area (Å²) >= 11 is 0. The van der Waals surface area contributed by atoms with Crippen LogP contribution in [0.5, 0.6) is 11.5 Å². The minimum Gasteiger partial charge on any atom is -0.493 e. The summed E-state index contributed by atoms with van der Waals surface area (Å²) in [5.74, 6) is -0.787. The number of methoxy groups -OCH3 is 2. The normalized spacial score (nSPS) is 13.6. The van der Waals surface area contributed by atoms with Crippen molar-refractivity contribution < 1.29 is 28.6 Å². The molecule has 3 rings (SSSR count). The fourth-order valence-electron chi connectivity index (χ4n) is 4.03. The first-order valence-electron chi connectivity index (χ1n) is 11.4. The SMILES string of the molecule is COc1cc(NC(=O)C2CCCCC2)c(C(=O)OCC(=O)Nc2cccc(C)c2C)cc1OC. The monoisotopic (exact) mass is 468 g/mol. The average molecular weight is 469 g/mol. The Labute approximate surface area is 200 Å². The summed E-state index contributed by atoms with van der Waals surface area (Å²) in [6, 6.07) is 8.56. The molecule has 2 aromatic rings. The summed E-state index contributed by atoms with van der Waals surface area (Å²) in [7, 11) is 2.92. The van der Waals surface area contributed by atoms with E-state index in [1.807, 2.05) is 26.0 Å². The number of esters is 1. The number of rotatable bonds is 8. The van der Waals surface area contributed by atoms with Crippen molar-refractivity contribution in [1.29, 1.82) is 0 Å². The summed E-state index contributed by atoms with van der Waals surface area (Å²) in [4.78, 5) is 38.1. The van der Waals surface area contributed by atoms with E-state index in [1.165, 1.54) is 26.4 Å². The maximum absolute atomic E-state index is 12.9. The van der Waals surface area contributed by atoms with Gasteiger partial charge >= 0.3 is 5.97 Å². The van der Waals surface area contributed by atoms with Crippen LogP contribution in [0.2, 0.25) is 0 Å². The van der Waals surface area contributed by atoms with Crippen LogP contribution in [0.15, 0.2) is 30.3 Å². The highest BCUT2D eigenvalue weighted by Gasteiger charge is 2.25. The van der Waals surface area contributed by atoms with Crippen LogP contribution in [0.1, 0.15) is 53.6 Å². The van der Waals surface area contributed by atoms with Crippen LogP contribution >= 0.6 is 0 Å². The Morgan fingerprint density at radius 2 is 1.59 bits per heavy atom.